The summed E-state index contributed by atoms with van der Waals surface area (Å²) in [7, 11) is 1.34. The van der Waals surface area contributed by atoms with Crippen molar-refractivity contribution in [2.24, 2.45) is 0 Å². The Morgan fingerprint density at radius 2 is 1.61 bits per heavy atom. The third-order valence-electron chi connectivity index (χ3n) is 5.48. The lowest BCUT2D eigenvalue weighted by atomic mass is 9.84. The van der Waals surface area contributed by atoms with Gasteiger partial charge in [-0.3, -0.25) is 0 Å². The maximum Gasteiger partial charge on any atom is 0.338 e. The Labute approximate surface area is 184 Å². The van der Waals surface area contributed by atoms with Crippen LogP contribution < -0.4 is 5.32 Å². The SMILES string of the molecule is COC(=O)C1=C(C)NC(C)=C(C(=O)OC(C)n2cc3ccccc3c2)C1c1cccs1. The molecule has 0 bridgehead atoms. The summed E-state index contributed by atoms with van der Waals surface area (Å²) < 4.78 is 12.8. The van der Waals surface area contributed by atoms with Crippen LogP contribution in [0.5, 0.6) is 0 Å². The molecule has 7 heteroatoms. The fraction of sp³-hybridized carbons (Fsp3) is 0.250. The van der Waals surface area contributed by atoms with E-state index in [1.165, 1.54) is 18.4 Å². The van der Waals surface area contributed by atoms with E-state index in [9.17, 15) is 9.59 Å². The molecule has 1 N–H and O–H groups in total. The highest BCUT2D eigenvalue weighted by atomic mass is 32.1. The number of methoxy groups -OCH3 is 1. The molecule has 0 aliphatic carbocycles. The van der Waals surface area contributed by atoms with Crippen molar-refractivity contribution in [3.63, 3.8) is 0 Å². The Hall–Kier alpha value is -3.32. The van der Waals surface area contributed by atoms with Crippen LogP contribution in [0, 0.1) is 0 Å². The van der Waals surface area contributed by atoms with Gasteiger partial charge in [-0.15, -0.1) is 11.3 Å². The molecule has 0 radical (unpaired) electrons. The summed E-state index contributed by atoms with van der Waals surface area (Å²) in [5.41, 5.74) is 2.17. The molecule has 2 unspecified atom stereocenters. The van der Waals surface area contributed by atoms with Gasteiger partial charge in [-0.05, 0) is 43.0 Å². The molecule has 2 aromatic heterocycles. The highest BCUT2D eigenvalue weighted by Crippen LogP contribution is 2.41. The summed E-state index contributed by atoms with van der Waals surface area (Å²) in [4.78, 5) is 26.9. The van der Waals surface area contributed by atoms with Gasteiger partial charge in [-0.2, -0.15) is 0 Å². The number of aromatic nitrogens is 1. The summed E-state index contributed by atoms with van der Waals surface area (Å²) in [5, 5.41) is 7.23. The lowest BCUT2D eigenvalue weighted by Crippen LogP contribution is -2.32. The molecule has 3 aromatic rings. The number of benzene rings is 1. The number of thiophene rings is 1. The van der Waals surface area contributed by atoms with E-state index in [-0.39, 0.29) is 0 Å². The van der Waals surface area contributed by atoms with Crippen LogP contribution in [0.2, 0.25) is 0 Å². The summed E-state index contributed by atoms with van der Waals surface area (Å²) >= 11 is 1.49. The first kappa shape index (κ1) is 20.9. The van der Waals surface area contributed by atoms with Gasteiger partial charge in [0.1, 0.15) is 0 Å². The van der Waals surface area contributed by atoms with E-state index >= 15 is 0 Å². The Morgan fingerprint density at radius 1 is 1.00 bits per heavy atom. The quantitative estimate of drug-likeness (QED) is 0.578. The smallest absolute Gasteiger partial charge is 0.338 e. The van der Waals surface area contributed by atoms with Crippen LogP contribution in [0.25, 0.3) is 10.8 Å². The lowest BCUT2D eigenvalue weighted by molar-refractivity contribution is -0.148. The number of dihydropyridines is 1. The van der Waals surface area contributed by atoms with Crippen LogP contribution in [-0.2, 0) is 19.1 Å². The molecule has 0 saturated heterocycles. The topological polar surface area (TPSA) is 69.6 Å². The fourth-order valence-electron chi connectivity index (χ4n) is 3.98. The van der Waals surface area contributed by atoms with Crippen molar-refractivity contribution in [1.82, 2.24) is 9.88 Å². The Bertz CT molecular complexity index is 1170. The van der Waals surface area contributed by atoms with Crippen molar-refractivity contribution in [2.75, 3.05) is 7.11 Å². The molecule has 1 aromatic carbocycles. The second kappa shape index (κ2) is 8.43. The van der Waals surface area contributed by atoms with E-state index in [0.29, 0.717) is 22.5 Å². The third-order valence-corrected chi connectivity index (χ3v) is 6.42. The van der Waals surface area contributed by atoms with Crippen LogP contribution in [0.15, 0.2) is 76.7 Å². The zero-order valence-corrected chi connectivity index (χ0v) is 18.7. The van der Waals surface area contributed by atoms with Crippen molar-refractivity contribution < 1.29 is 19.1 Å². The van der Waals surface area contributed by atoms with E-state index in [1.54, 1.807) is 0 Å². The number of ether oxygens (including phenoxy) is 2. The largest absolute Gasteiger partial charge is 0.466 e. The van der Waals surface area contributed by atoms with Gasteiger partial charge >= 0.3 is 11.9 Å². The molecule has 0 saturated carbocycles. The van der Waals surface area contributed by atoms with Gasteiger partial charge in [0, 0.05) is 28.7 Å². The molecule has 6 nitrogen and oxygen atoms in total. The van der Waals surface area contributed by atoms with Crippen LogP contribution >= 0.6 is 11.3 Å². The van der Waals surface area contributed by atoms with Gasteiger partial charge in [-0.25, -0.2) is 9.59 Å². The molecular weight excluding hydrogens is 412 g/mol. The van der Waals surface area contributed by atoms with E-state index < -0.39 is 24.1 Å². The maximum atomic E-state index is 13.4. The van der Waals surface area contributed by atoms with Gasteiger partial charge in [0.2, 0.25) is 0 Å². The molecule has 3 heterocycles. The first-order chi connectivity index (χ1) is 14.9. The molecule has 160 valence electrons. The predicted molar refractivity (Wildman–Crippen MR) is 120 cm³/mol. The van der Waals surface area contributed by atoms with E-state index in [1.807, 2.05) is 79.5 Å². The van der Waals surface area contributed by atoms with Crippen molar-refractivity contribution in [2.45, 2.75) is 32.9 Å². The molecule has 1 aliphatic heterocycles. The second-order valence-electron chi connectivity index (χ2n) is 7.48. The molecule has 1 aliphatic rings. The molecule has 4 rings (SSSR count). The van der Waals surface area contributed by atoms with Crippen LogP contribution in [0.1, 0.15) is 37.8 Å². The molecule has 0 amide bonds. The van der Waals surface area contributed by atoms with Gasteiger partial charge in [0.25, 0.3) is 0 Å². The van der Waals surface area contributed by atoms with Crippen LogP contribution in [0.4, 0.5) is 0 Å². The van der Waals surface area contributed by atoms with Crippen molar-refractivity contribution in [3.05, 3.63) is 81.6 Å². The van der Waals surface area contributed by atoms with Crippen LogP contribution in [0.3, 0.4) is 0 Å². The molecule has 31 heavy (non-hydrogen) atoms. The number of nitrogens with one attached hydrogen (secondary N) is 1. The van der Waals surface area contributed by atoms with E-state index in [4.69, 9.17) is 9.47 Å². The summed E-state index contributed by atoms with van der Waals surface area (Å²) in [6.45, 7) is 5.46. The Morgan fingerprint density at radius 3 is 2.16 bits per heavy atom. The minimum absolute atomic E-state index is 0.414. The first-order valence-corrected chi connectivity index (χ1v) is 10.9. The Balaban J connectivity index is 1.67. The number of nitrogens with zero attached hydrogens (tertiary/aromatic N) is 1. The standard InChI is InChI=1S/C24H24N2O4S/c1-14-20(23(27)29-4)22(19-10-7-11-31-19)21(15(2)25-14)24(28)30-16(3)26-12-17-8-5-6-9-18(17)13-26/h5-13,16,22,25H,1-4H3. The second-order valence-corrected chi connectivity index (χ2v) is 8.46. The summed E-state index contributed by atoms with van der Waals surface area (Å²) in [6, 6.07) is 11.8. The van der Waals surface area contributed by atoms with Gasteiger partial charge in [0.05, 0.1) is 24.2 Å². The molecule has 0 spiro atoms. The average molecular weight is 437 g/mol. The fourth-order valence-corrected chi connectivity index (χ4v) is 4.82. The van der Waals surface area contributed by atoms with Crippen molar-refractivity contribution in [3.8, 4) is 0 Å². The zero-order chi connectivity index (χ0) is 22.1. The number of esters is 2. The number of rotatable bonds is 5. The number of hydrogen-bond donors (Lipinski definition) is 1. The molecule has 2 atom stereocenters. The minimum atomic E-state index is -0.544. The zero-order valence-electron chi connectivity index (χ0n) is 17.8. The maximum absolute atomic E-state index is 13.4. The third kappa shape index (κ3) is 3.88. The highest BCUT2D eigenvalue weighted by molar-refractivity contribution is 7.10. The van der Waals surface area contributed by atoms with Crippen LogP contribution in [-0.4, -0.2) is 23.6 Å². The van der Waals surface area contributed by atoms with E-state index in [2.05, 4.69) is 5.32 Å². The number of carbonyl (C=O) groups is 2. The molecule has 0 fully saturated rings. The van der Waals surface area contributed by atoms with Crippen molar-refractivity contribution in [1.29, 1.82) is 0 Å². The monoisotopic (exact) mass is 436 g/mol. The number of fused-ring (bicyclic) bond motifs is 1. The van der Waals surface area contributed by atoms with Gasteiger partial charge in [-0.1, -0.05) is 30.3 Å². The van der Waals surface area contributed by atoms with Gasteiger partial charge in [0.15, 0.2) is 6.23 Å². The number of carbonyl (C=O) groups excluding carboxylic acids is 2. The highest BCUT2D eigenvalue weighted by Gasteiger charge is 2.38. The lowest BCUT2D eigenvalue weighted by Gasteiger charge is -2.30. The predicted octanol–water partition coefficient (Wildman–Crippen LogP) is 4.87. The van der Waals surface area contributed by atoms with Crippen molar-refractivity contribution >= 4 is 34.0 Å². The average Bonchev–Trinajstić information content (AvgIpc) is 3.42. The normalized spacial score (nSPS) is 17.5. The summed E-state index contributed by atoms with van der Waals surface area (Å²) in [5.74, 6) is -1.48. The van der Waals surface area contributed by atoms with E-state index in [0.717, 1.165) is 15.6 Å². The molecular formula is C24H24N2O4S. The first-order valence-electron chi connectivity index (χ1n) is 9.98. The number of allylic oxidation sites excluding steroid dienone is 2. The van der Waals surface area contributed by atoms with Gasteiger partial charge < -0.3 is 19.4 Å². The Kier molecular flexibility index (Phi) is 5.69. The minimum Gasteiger partial charge on any atom is -0.466 e. The summed E-state index contributed by atoms with van der Waals surface area (Å²) in [6.07, 6.45) is 3.39. The number of hydrogen-bond acceptors (Lipinski definition) is 6.